The zero-order valence-corrected chi connectivity index (χ0v) is 18.4. The zero-order valence-electron chi connectivity index (χ0n) is 17.6. The van der Waals surface area contributed by atoms with E-state index in [1.165, 1.54) is 11.5 Å². The highest BCUT2D eigenvalue weighted by Crippen LogP contribution is 2.30. The predicted octanol–water partition coefficient (Wildman–Crippen LogP) is 1.77. The van der Waals surface area contributed by atoms with E-state index >= 15 is 0 Å². The maximum absolute atomic E-state index is 12.7. The first-order chi connectivity index (χ1) is 14.6. The van der Waals surface area contributed by atoms with E-state index in [0.717, 1.165) is 5.56 Å². The molecule has 1 aliphatic rings. The van der Waals surface area contributed by atoms with Gasteiger partial charge in [-0.05, 0) is 30.7 Å². The third-order valence-electron chi connectivity index (χ3n) is 5.48. The monoisotopic (exact) mass is 444 g/mol. The van der Waals surface area contributed by atoms with Crippen LogP contribution in [0.4, 0.5) is 5.82 Å². The molecule has 0 saturated carbocycles. The fourth-order valence-corrected chi connectivity index (χ4v) is 5.18. The van der Waals surface area contributed by atoms with E-state index in [4.69, 9.17) is 4.42 Å². The molecule has 1 amide bonds. The molecule has 9 nitrogen and oxygen atoms in total. The van der Waals surface area contributed by atoms with E-state index in [-0.39, 0.29) is 17.2 Å². The molecule has 1 saturated heterocycles. The maximum Gasteiger partial charge on any atom is 0.261 e. The first-order valence-electron chi connectivity index (χ1n) is 9.94. The van der Waals surface area contributed by atoms with Crippen LogP contribution in [0.5, 0.6) is 0 Å². The van der Waals surface area contributed by atoms with Gasteiger partial charge in [0.05, 0.1) is 22.9 Å². The summed E-state index contributed by atoms with van der Waals surface area (Å²) in [7, 11) is -1.37. The summed E-state index contributed by atoms with van der Waals surface area (Å²) in [5, 5.41) is 2.67. The maximum atomic E-state index is 12.7. The van der Waals surface area contributed by atoms with Crippen molar-refractivity contribution in [2.75, 3.05) is 24.2 Å². The van der Waals surface area contributed by atoms with Crippen molar-refractivity contribution in [1.82, 2.24) is 14.5 Å². The molecule has 0 aromatic carbocycles. The number of pyridine rings is 2. The van der Waals surface area contributed by atoms with Gasteiger partial charge >= 0.3 is 0 Å². The molecule has 1 atom stereocenters. The number of nitrogens with one attached hydrogen (secondary N) is 1. The Balaban J connectivity index is 1.72. The van der Waals surface area contributed by atoms with Crippen LogP contribution in [0.2, 0.25) is 0 Å². The Kier molecular flexibility index (Phi) is 5.44. The Hall–Kier alpha value is -2.98. The van der Waals surface area contributed by atoms with Crippen LogP contribution >= 0.6 is 0 Å². The molecule has 4 rings (SSSR count). The number of furan rings is 1. The van der Waals surface area contributed by atoms with Crippen LogP contribution in [0.1, 0.15) is 19.6 Å². The smallest absolute Gasteiger partial charge is 0.261 e. The Labute approximate surface area is 179 Å². The van der Waals surface area contributed by atoms with E-state index in [0.29, 0.717) is 47.7 Å². The minimum Gasteiger partial charge on any atom is -0.459 e. The van der Waals surface area contributed by atoms with Gasteiger partial charge in [0.2, 0.25) is 5.91 Å². The lowest BCUT2D eigenvalue weighted by molar-refractivity contribution is -0.114. The third-order valence-corrected chi connectivity index (χ3v) is 7.60. The van der Waals surface area contributed by atoms with Gasteiger partial charge in [0, 0.05) is 45.0 Å². The number of sulfone groups is 1. The van der Waals surface area contributed by atoms with Gasteiger partial charge in [-0.3, -0.25) is 14.5 Å². The number of hydrogen-bond donors (Lipinski definition) is 1. The van der Waals surface area contributed by atoms with Crippen LogP contribution in [-0.2, 0) is 28.2 Å². The second kappa shape index (κ2) is 7.93. The van der Waals surface area contributed by atoms with Crippen molar-refractivity contribution < 1.29 is 17.6 Å². The van der Waals surface area contributed by atoms with Crippen molar-refractivity contribution in [3.8, 4) is 11.1 Å². The second-order valence-corrected chi connectivity index (χ2v) is 10.5. The molecule has 0 spiro atoms. The molecule has 3 aromatic rings. The Morgan fingerprint density at radius 2 is 2.13 bits per heavy atom. The summed E-state index contributed by atoms with van der Waals surface area (Å²) in [5.41, 5.74) is 1.72. The molecule has 0 radical (unpaired) electrons. The van der Waals surface area contributed by atoms with Gasteiger partial charge in [-0.15, -0.1) is 0 Å². The number of hydrogen-bond acceptors (Lipinski definition) is 7. The highest BCUT2D eigenvalue weighted by molar-refractivity contribution is 7.92. The lowest BCUT2D eigenvalue weighted by Crippen LogP contribution is -2.44. The molecule has 1 fully saturated rings. The number of nitrogens with zero attached hydrogens (tertiary/aromatic N) is 3. The number of carbonyl (C=O) groups excluding carboxylic acids is 1. The number of rotatable bonds is 4. The number of carbonyl (C=O) groups is 1. The Morgan fingerprint density at radius 3 is 2.84 bits per heavy atom. The van der Waals surface area contributed by atoms with E-state index in [2.05, 4.69) is 10.3 Å². The van der Waals surface area contributed by atoms with Crippen molar-refractivity contribution in [3.05, 3.63) is 46.7 Å². The summed E-state index contributed by atoms with van der Waals surface area (Å²) in [6, 6.07) is 5.23. The van der Waals surface area contributed by atoms with Crippen molar-refractivity contribution in [2.45, 2.75) is 25.6 Å². The normalized spacial score (nSPS) is 18.9. The molecule has 1 aliphatic heterocycles. The standard InChI is InChI=1S/C21H24N4O5S/c1-13-10-25(6-7-31(13,28)29)11-16-9-17-20(30-16)18(12-24(3)21(17)27)15-4-5-22-19(8-15)23-14(2)26/h4-5,8-9,12-13H,6-7,10-11H2,1-3H3,(H,22,23,26). The van der Waals surface area contributed by atoms with Crippen LogP contribution in [0.25, 0.3) is 22.1 Å². The number of amides is 1. The lowest BCUT2D eigenvalue weighted by Gasteiger charge is -2.29. The van der Waals surface area contributed by atoms with Gasteiger partial charge in [0.25, 0.3) is 5.56 Å². The molecule has 164 valence electrons. The molecule has 31 heavy (non-hydrogen) atoms. The first kappa shape index (κ1) is 21.3. The van der Waals surface area contributed by atoms with Crippen LogP contribution < -0.4 is 10.9 Å². The van der Waals surface area contributed by atoms with Crippen LogP contribution in [0.15, 0.2) is 39.8 Å². The van der Waals surface area contributed by atoms with Crippen LogP contribution in [0.3, 0.4) is 0 Å². The van der Waals surface area contributed by atoms with Crippen LogP contribution in [-0.4, -0.2) is 52.9 Å². The Morgan fingerprint density at radius 1 is 1.35 bits per heavy atom. The fourth-order valence-electron chi connectivity index (χ4n) is 3.82. The molecule has 10 heteroatoms. The molecule has 3 aromatic heterocycles. The van der Waals surface area contributed by atoms with Crippen molar-refractivity contribution in [3.63, 3.8) is 0 Å². The highest BCUT2D eigenvalue weighted by atomic mass is 32.2. The SMILES string of the molecule is CC(=O)Nc1cc(-c2cn(C)c(=O)c3cc(CN4CCS(=O)(=O)C(C)C4)oc23)ccn1. The number of aryl methyl sites for hydroxylation is 1. The van der Waals surface area contributed by atoms with Gasteiger partial charge in [-0.25, -0.2) is 13.4 Å². The van der Waals surface area contributed by atoms with Crippen molar-refractivity contribution in [1.29, 1.82) is 0 Å². The molecular weight excluding hydrogens is 420 g/mol. The zero-order chi connectivity index (χ0) is 22.3. The fraction of sp³-hybridized carbons (Fsp3) is 0.381. The largest absolute Gasteiger partial charge is 0.459 e. The highest BCUT2D eigenvalue weighted by Gasteiger charge is 2.30. The predicted molar refractivity (Wildman–Crippen MR) is 118 cm³/mol. The average molecular weight is 445 g/mol. The molecule has 1 unspecified atom stereocenters. The summed E-state index contributed by atoms with van der Waals surface area (Å²) in [6.45, 7) is 4.40. The van der Waals surface area contributed by atoms with Gasteiger partial charge in [0.1, 0.15) is 17.2 Å². The third kappa shape index (κ3) is 4.26. The molecular formula is C21H24N4O5S. The summed E-state index contributed by atoms with van der Waals surface area (Å²) in [4.78, 5) is 30.2. The molecule has 1 N–H and O–H groups in total. The van der Waals surface area contributed by atoms with Gasteiger partial charge in [0.15, 0.2) is 9.84 Å². The minimum absolute atomic E-state index is 0.115. The van der Waals surface area contributed by atoms with Gasteiger partial charge in [-0.2, -0.15) is 0 Å². The van der Waals surface area contributed by atoms with Crippen LogP contribution in [0, 0.1) is 0 Å². The number of anilines is 1. The molecule has 0 bridgehead atoms. The van der Waals surface area contributed by atoms with E-state index in [9.17, 15) is 18.0 Å². The summed E-state index contributed by atoms with van der Waals surface area (Å²) < 4.78 is 31.5. The second-order valence-electron chi connectivity index (χ2n) is 7.94. The molecule has 4 heterocycles. The summed E-state index contributed by atoms with van der Waals surface area (Å²) in [6.07, 6.45) is 3.28. The van der Waals surface area contributed by atoms with E-state index in [1.807, 2.05) is 4.90 Å². The summed E-state index contributed by atoms with van der Waals surface area (Å²) in [5.74, 6) is 0.891. The first-order valence-corrected chi connectivity index (χ1v) is 11.7. The quantitative estimate of drug-likeness (QED) is 0.652. The Bertz CT molecular complexity index is 1330. The lowest BCUT2D eigenvalue weighted by atomic mass is 10.1. The number of aromatic nitrogens is 2. The van der Waals surface area contributed by atoms with E-state index in [1.54, 1.807) is 44.6 Å². The van der Waals surface area contributed by atoms with Crippen molar-refractivity contribution >= 4 is 32.5 Å². The van der Waals surface area contributed by atoms with Gasteiger partial charge < -0.3 is 14.3 Å². The van der Waals surface area contributed by atoms with Crippen molar-refractivity contribution in [2.24, 2.45) is 7.05 Å². The average Bonchev–Trinajstić information content (AvgIpc) is 3.11. The topological polar surface area (TPSA) is 115 Å². The van der Waals surface area contributed by atoms with Gasteiger partial charge in [-0.1, -0.05) is 0 Å². The summed E-state index contributed by atoms with van der Waals surface area (Å²) >= 11 is 0. The minimum atomic E-state index is -3.04. The number of fused-ring (bicyclic) bond motifs is 1. The van der Waals surface area contributed by atoms with E-state index < -0.39 is 15.1 Å². The molecule has 0 aliphatic carbocycles.